The molecule has 7 heteroatoms. The van der Waals surface area contributed by atoms with Crippen LogP contribution in [-0.2, 0) is 16.0 Å². The van der Waals surface area contributed by atoms with Crippen molar-refractivity contribution in [3.05, 3.63) is 35.9 Å². The first-order valence-electron chi connectivity index (χ1n) is 6.41. The van der Waals surface area contributed by atoms with Crippen molar-refractivity contribution < 1.29 is 19.8 Å². The van der Waals surface area contributed by atoms with Crippen molar-refractivity contribution in [1.29, 1.82) is 0 Å². The summed E-state index contributed by atoms with van der Waals surface area (Å²) in [4.78, 5) is 20.3. The molecule has 0 saturated heterocycles. The fraction of sp³-hybridized carbons (Fsp3) is 0.429. The Morgan fingerprint density at radius 2 is 1.67 bits per heavy atom. The Morgan fingerprint density at radius 3 is 2.10 bits per heavy atom. The predicted molar refractivity (Wildman–Crippen MR) is 86.7 cm³/mol. The van der Waals surface area contributed by atoms with Gasteiger partial charge in [-0.15, -0.1) is 0 Å². The maximum atomic E-state index is 10.2. The Labute approximate surface area is 131 Å². The number of benzene rings is 1. The number of nitrogens with two attached hydrogens (primary N) is 2. The molecular formula is C14H24N2O4S. The smallest absolute Gasteiger partial charge is 0.320 e. The first-order chi connectivity index (χ1) is 9.47. The van der Waals surface area contributed by atoms with E-state index in [1.54, 1.807) is 12.1 Å². The van der Waals surface area contributed by atoms with E-state index in [-0.39, 0.29) is 19.9 Å². The van der Waals surface area contributed by atoms with Gasteiger partial charge in [-0.05, 0) is 24.9 Å². The van der Waals surface area contributed by atoms with Gasteiger partial charge < -0.3 is 21.7 Å². The van der Waals surface area contributed by atoms with E-state index in [1.807, 2.05) is 18.2 Å². The van der Waals surface area contributed by atoms with Crippen molar-refractivity contribution in [2.45, 2.75) is 31.7 Å². The third kappa shape index (κ3) is 13.2. The average Bonchev–Trinajstić information content (AvgIpc) is 2.40. The molecule has 21 heavy (non-hydrogen) atoms. The summed E-state index contributed by atoms with van der Waals surface area (Å²) in [7, 11) is 0. The summed E-state index contributed by atoms with van der Waals surface area (Å²) in [5, 5.41) is 16.7. The Hall–Kier alpha value is -1.57. The fourth-order valence-electron chi connectivity index (χ4n) is 1.40. The number of hydrogen-bond acceptors (Lipinski definition) is 4. The molecule has 0 saturated carbocycles. The Bertz CT molecular complexity index is 401. The number of unbranched alkanes of at least 4 members (excludes halogenated alkanes) is 1. The molecule has 0 fully saturated rings. The molecule has 0 aromatic heterocycles. The number of aliphatic carboxylic acids is 2. The first kappa shape index (κ1) is 21.7. The topological polar surface area (TPSA) is 127 Å². The molecule has 1 aromatic carbocycles. The Kier molecular flexibility index (Phi) is 13.9. The van der Waals surface area contributed by atoms with Crippen LogP contribution in [0.25, 0.3) is 0 Å². The highest BCUT2D eigenvalue weighted by atomic mass is 32.1. The third-order valence-electron chi connectivity index (χ3n) is 2.48. The van der Waals surface area contributed by atoms with Crippen LogP contribution < -0.4 is 11.5 Å². The molecule has 1 unspecified atom stereocenters. The molecule has 1 aromatic rings. The predicted octanol–water partition coefficient (Wildman–Crippen LogP) is 0.954. The molecule has 120 valence electrons. The first-order valence-corrected chi connectivity index (χ1v) is 6.41. The van der Waals surface area contributed by atoms with Crippen molar-refractivity contribution in [2.24, 2.45) is 11.5 Å². The molecule has 1 atom stereocenters. The average molecular weight is 316 g/mol. The van der Waals surface area contributed by atoms with Gasteiger partial charge in [0.2, 0.25) is 0 Å². The lowest BCUT2D eigenvalue weighted by molar-refractivity contribution is -0.139. The third-order valence-corrected chi connectivity index (χ3v) is 2.48. The SMILES string of the molecule is NCCCCC(N)C(=O)O.O=C(O)Cc1ccccc1.S. The number of carbonyl (C=O) groups is 2. The summed E-state index contributed by atoms with van der Waals surface area (Å²) in [6, 6.07) is 8.41. The van der Waals surface area contributed by atoms with Crippen LogP contribution in [0.5, 0.6) is 0 Å². The Morgan fingerprint density at radius 1 is 1.10 bits per heavy atom. The zero-order valence-corrected chi connectivity index (χ0v) is 12.9. The lowest BCUT2D eigenvalue weighted by Gasteiger charge is -2.03. The van der Waals surface area contributed by atoms with Crippen molar-refractivity contribution in [3.8, 4) is 0 Å². The van der Waals surface area contributed by atoms with Crippen molar-refractivity contribution in [2.75, 3.05) is 6.54 Å². The second-order valence-electron chi connectivity index (χ2n) is 4.29. The van der Waals surface area contributed by atoms with Crippen molar-refractivity contribution in [3.63, 3.8) is 0 Å². The molecule has 0 spiro atoms. The fourth-order valence-corrected chi connectivity index (χ4v) is 1.40. The standard InChI is InChI=1S/C8H8O2.C6H14N2O2.H2S/c9-8(10)6-7-4-2-1-3-5-7;7-4-2-1-3-5(8)6(9)10;/h1-5H,6H2,(H,9,10);5H,1-4,7-8H2,(H,9,10);1H2. The second kappa shape index (κ2) is 13.4. The number of carboxylic acids is 2. The van der Waals surface area contributed by atoms with Gasteiger partial charge in [0, 0.05) is 0 Å². The van der Waals surface area contributed by atoms with Gasteiger partial charge in [0.05, 0.1) is 6.42 Å². The zero-order valence-electron chi connectivity index (χ0n) is 11.9. The van der Waals surface area contributed by atoms with Crippen molar-refractivity contribution in [1.82, 2.24) is 0 Å². The Balaban J connectivity index is 0. The summed E-state index contributed by atoms with van der Waals surface area (Å²) in [5.41, 5.74) is 11.3. The maximum absolute atomic E-state index is 10.2. The van der Waals surface area contributed by atoms with Crippen LogP contribution in [-0.4, -0.2) is 34.7 Å². The van der Waals surface area contributed by atoms with E-state index < -0.39 is 18.0 Å². The van der Waals surface area contributed by atoms with Crippen LogP contribution in [0.3, 0.4) is 0 Å². The van der Waals surface area contributed by atoms with Gasteiger partial charge in [-0.3, -0.25) is 9.59 Å². The highest BCUT2D eigenvalue weighted by Crippen LogP contribution is 1.98. The molecule has 6 nitrogen and oxygen atoms in total. The highest BCUT2D eigenvalue weighted by molar-refractivity contribution is 7.59. The molecule has 0 bridgehead atoms. The molecule has 0 amide bonds. The summed E-state index contributed by atoms with van der Waals surface area (Å²) >= 11 is 0. The van der Waals surface area contributed by atoms with Crippen LogP contribution in [0, 0.1) is 0 Å². The van der Waals surface area contributed by atoms with Crippen LogP contribution in [0.15, 0.2) is 30.3 Å². The number of hydrogen-bond donors (Lipinski definition) is 4. The van der Waals surface area contributed by atoms with Crippen LogP contribution in [0.1, 0.15) is 24.8 Å². The van der Waals surface area contributed by atoms with E-state index >= 15 is 0 Å². The monoisotopic (exact) mass is 316 g/mol. The summed E-state index contributed by atoms with van der Waals surface area (Å²) in [6.45, 7) is 0.604. The van der Waals surface area contributed by atoms with Gasteiger partial charge in [-0.25, -0.2) is 0 Å². The van der Waals surface area contributed by atoms with Gasteiger partial charge in [-0.2, -0.15) is 13.5 Å². The molecule has 0 aliphatic carbocycles. The van der Waals surface area contributed by atoms with Gasteiger partial charge in [0.25, 0.3) is 0 Å². The molecule has 0 radical (unpaired) electrons. The van der Waals surface area contributed by atoms with Gasteiger partial charge in [0.15, 0.2) is 0 Å². The summed E-state index contributed by atoms with van der Waals surface area (Å²) in [6.07, 6.45) is 2.28. The molecule has 0 heterocycles. The van der Waals surface area contributed by atoms with Gasteiger partial charge in [-0.1, -0.05) is 36.8 Å². The van der Waals surface area contributed by atoms with E-state index in [1.165, 1.54) is 0 Å². The zero-order chi connectivity index (χ0) is 15.4. The van der Waals surface area contributed by atoms with E-state index in [0.29, 0.717) is 13.0 Å². The van der Waals surface area contributed by atoms with Crippen LogP contribution >= 0.6 is 13.5 Å². The number of carboxylic acid groups (broad SMARTS) is 2. The number of rotatable bonds is 7. The highest BCUT2D eigenvalue weighted by Gasteiger charge is 2.09. The van der Waals surface area contributed by atoms with Crippen LogP contribution in [0.2, 0.25) is 0 Å². The van der Waals surface area contributed by atoms with Crippen LogP contribution in [0.4, 0.5) is 0 Å². The molecule has 0 aliphatic rings. The largest absolute Gasteiger partial charge is 0.481 e. The maximum Gasteiger partial charge on any atom is 0.320 e. The quantitative estimate of drug-likeness (QED) is 0.555. The minimum absolute atomic E-state index is 0. The van der Waals surface area contributed by atoms with E-state index in [0.717, 1.165) is 18.4 Å². The summed E-state index contributed by atoms with van der Waals surface area (Å²) < 4.78 is 0. The van der Waals surface area contributed by atoms with E-state index in [2.05, 4.69) is 0 Å². The minimum atomic E-state index is -0.933. The second-order valence-corrected chi connectivity index (χ2v) is 4.29. The molecule has 1 rings (SSSR count). The van der Waals surface area contributed by atoms with Gasteiger partial charge in [0.1, 0.15) is 6.04 Å². The normalized spacial score (nSPS) is 10.6. The minimum Gasteiger partial charge on any atom is -0.481 e. The molecule has 6 N–H and O–H groups in total. The lowest BCUT2D eigenvalue weighted by atomic mass is 10.1. The van der Waals surface area contributed by atoms with E-state index in [4.69, 9.17) is 21.7 Å². The summed E-state index contributed by atoms with van der Waals surface area (Å²) in [5.74, 6) is -1.72. The van der Waals surface area contributed by atoms with Gasteiger partial charge >= 0.3 is 11.9 Å². The molecular weight excluding hydrogens is 292 g/mol. The van der Waals surface area contributed by atoms with Crippen molar-refractivity contribution >= 4 is 25.4 Å². The lowest BCUT2D eigenvalue weighted by Crippen LogP contribution is -2.29. The molecule has 0 aliphatic heterocycles. The van der Waals surface area contributed by atoms with E-state index in [9.17, 15) is 9.59 Å².